The summed E-state index contributed by atoms with van der Waals surface area (Å²) in [6, 6.07) is 4.58. The lowest BCUT2D eigenvalue weighted by Crippen LogP contribution is -2.30. The maximum Gasteiger partial charge on any atom is 0.241 e. The molecule has 0 bridgehead atoms. The molecule has 1 aliphatic rings. The lowest BCUT2D eigenvalue weighted by Gasteiger charge is -2.31. The van der Waals surface area contributed by atoms with E-state index < -0.39 is 10.0 Å². The first-order valence-electron chi connectivity index (χ1n) is 7.00. The topological polar surface area (TPSA) is 95.4 Å². The zero-order valence-electron chi connectivity index (χ0n) is 11.7. The van der Waals surface area contributed by atoms with Gasteiger partial charge in [-0.15, -0.1) is 0 Å². The maximum atomic E-state index is 11.6. The third kappa shape index (κ3) is 3.43. The Hall–Kier alpha value is -1.27. The molecular weight excluding hydrogens is 276 g/mol. The highest BCUT2D eigenvalue weighted by molar-refractivity contribution is 7.89. The van der Waals surface area contributed by atoms with Crippen LogP contribution in [0.15, 0.2) is 23.1 Å². The van der Waals surface area contributed by atoms with Gasteiger partial charge in [-0.25, -0.2) is 13.6 Å². The van der Waals surface area contributed by atoms with E-state index in [-0.39, 0.29) is 11.0 Å². The number of benzene rings is 1. The lowest BCUT2D eigenvalue weighted by atomic mass is 9.85. The summed E-state index contributed by atoms with van der Waals surface area (Å²) in [5, 5.41) is 5.24. The molecule has 0 spiro atoms. The van der Waals surface area contributed by atoms with Crippen molar-refractivity contribution < 1.29 is 13.2 Å². The Bertz CT molecular complexity index is 572. The Morgan fingerprint density at radius 3 is 2.65 bits per heavy atom. The number of nitrogen functional groups attached to an aromatic ring is 1. The fraction of sp³-hybridized carbons (Fsp3) is 0.571. The second-order valence-corrected chi connectivity index (χ2v) is 6.89. The predicted molar refractivity (Wildman–Crippen MR) is 78.9 cm³/mol. The monoisotopic (exact) mass is 298 g/mol. The number of hydrogen-bond donors (Lipinski definition) is 2. The largest absolute Gasteiger partial charge is 0.489 e. The van der Waals surface area contributed by atoms with Gasteiger partial charge in [-0.1, -0.05) is 13.3 Å². The highest BCUT2D eigenvalue weighted by Crippen LogP contribution is 2.33. The van der Waals surface area contributed by atoms with Gasteiger partial charge in [0, 0.05) is 5.69 Å². The first-order chi connectivity index (χ1) is 9.41. The van der Waals surface area contributed by atoms with Crippen molar-refractivity contribution in [2.45, 2.75) is 50.0 Å². The van der Waals surface area contributed by atoms with Gasteiger partial charge in [0.15, 0.2) is 0 Å². The highest BCUT2D eigenvalue weighted by Gasteiger charge is 2.27. The van der Waals surface area contributed by atoms with E-state index in [1.165, 1.54) is 12.5 Å². The molecule has 1 saturated carbocycles. The van der Waals surface area contributed by atoms with Crippen molar-refractivity contribution in [2.75, 3.05) is 5.73 Å². The van der Waals surface area contributed by atoms with Crippen molar-refractivity contribution in [1.82, 2.24) is 0 Å². The Balaban J connectivity index is 2.29. The fourth-order valence-electron chi connectivity index (χ4n) is 2.80. The average Bonchev–Trinajstić information content (AvgIpc) is 2.40. The lowest BCUT2D eigenvalue weighted by molar-refractivity contribution is 0.0875. The normalized spacial score (nSPS) is 23.5. The van der Waals surface area contributed by atoms with Crippen LogP contribution < -0.4 is 15.6 Å². The molecule has 1 aromatic rings. The van der Waals surface area contributed by atoms with E-state index in [0.717, 1.165) is 25.7 Å². The summed E-state index contributed by atoms with van der Waals surface area (Å²) < 4.78 is 29.2. The van der Waals surface area contributed by atoms with E-state index in [0.29, 0.717) is 17.4 Å². The second-order valence-electron chi connectivity index (χ2n) is 5.36. The van der Waals surface area contributed by atoms with Crippen LogP contribution in [0, 0.1) is 5.92 Å². The molecule has 2 unspecified atom stereocenters. The second kappa shape index (κ2) is 6.01. The molecule has 2 rings (SSSR count). The zero-order valence-corrected chi connectivity index (χ0v) is 12.5. The van der Waals surface area contributed by atoms with Crippen LogP contribution >= 0.6 is 0 Å². The molecular formula is C14H22N2O3S. The van der Waals surface area contributed by atoms with Gasteiger partial charge in [-0.2, -0.15) is 0 Å². The predicted octanol–water partition coefficient (Wildman–Crippen LogP) is 2.26. The van der Waals surface area contributed by atoms with Crippen LogP contribution in [-0.4, -0.2) is 14.5 Å². The van der Waals surface area contributed by atoms with Gasteiger partial charge in [0.2, 0.25) is 10.0 Å². The third-order valence-electron chi connectivity index (χ3n) is 3.92. The number of nitrogens with two attached hydrogens (primary N) is 2. The van der Waals surface area contributed by atoms with E-state index in [9.17, 15) is 8.42 Å². The van der Waals surface area contributed by atoms with Crippen LogP contribution in [0.3, 0.4) is 0 Å². The van der Waals surface area contributed by atoms with Crippen LogP contribution in [0.1, 0.15) is 39.0 Å². The molecule has 20 heavy (non-hydrogen) atoms. The molecule has 0 radical (unpaired) electrons. The molecule has 0 heterocycles. The van der Waals surface area contributed by atoms with Crippen molar-refractivity contribution >= 4 is 15.7 Å². The maximum absolute atomic E-state index is 11.6. The minimum absolute atomic E-state index is 0.0297. The number of ether oxygens (including phenoxy) is 1. The molecule has 0 aliphatic heterocycles. The Kier molecular flexibility index (Phi) is 4.55. The number of primary sulfonamides is 1. The van der Waals surface area contributed by atoms with Crippen molar-refractivity contribution in [2.24, 2.45) is 11.1 Å². The standard InChI is InChI=1S/C14H22N2O3S/c1-2-10-5-3-4-6-12(10)19-13-8-7-11(15)9-14(13)20(16,17)18/h7-10,12H,2-6,15H2,1H3,(H2,16,17,18). The van der Waals surface area contributed by atoms with Crippen molar-refractivity contribution in [3.05, 3.63) is 18.2 Å². The van der Waals surface area contributed by atoms with E-state index >= 15 is 0 Å². The molecule has 1 fully saturated rings. The SMILES string of the molecule is CCC1CCCCC1Oc1ccc(N)cc1S(N)(=O)=O. The van der Waals surface area contributed by atoms with E-state index in [4.69, 9.17) is 15.6 Å². The number of rotatable bonds is 4. The van der Waals surface area contributed by atoms with Gasteiger partial charge in [0.05, 0.1) is 0 Å². The molecule has 6 heteroatoms. The Labute approximate surface area is 120 Å². The van der Waals surface area contributed by atoms with E-state index in [2.05, 4.69) is 6.92 Å². The van der Waals surface area contributed by atoms with Gasteiger partial charge < -0.3 is 10.5 Å². The highest BCUT2D eigenvalue weighted by atomic mass is 32.2. The number of sulfonamides is 1. The van der Waals surface area contributed by atoms with E-state index in [1.807, 2.05) is 0 Å². The first kappa shape index (κ1) is 15.1. The van der Waals surface area contributed by atoms with Crippen LogP contribution in [-0.2, 0) is 10.0 Å². The summed E-state index contributed by atoms with van der Waals surface area (Å²) >= 11 is 0. The van der Waals surface area contributed by atoms with Crippen LogP contribution in [0.25, 0.3) is 0 Å². The molecule has 1 aromatic carbocycles. The fourth-order valence-corrected chi connectivity index (χ4v) is 3.50. The molecule has 4 N–H and O–H groups in total. The third-order valence-corrected chi connectivity index (χ3v) is 4.85. The minimum atomic E-state index is -3.84. The molecule has 0 aromatic heterocycles. The number of anilines is 1. The van der Waals surface area contributed by atoms with Gasteiger partial charge in [-0.05, 0) is 49.8 Å². The van der Waals surface area contributed by atoms with Gasteiger partial charge in [0.1, 0.15) is 16.7 Å². The van der Waals surface area contributed by atoms with Crippen molar-refractivity contribution in [3.8, 4) is 5.75 Å². The first-order valence-corrected chi connectivity index (χ1v) is 8.55. The van der Waals surface area contributed by atoms with Crippen molar-refractivity contribution in [1.29, 1.82) is 0 Å². The summed E-state index contributed by atoms with van der Waals surface area (Å²) in [6.07, 6.45) is 5.49. The summed E-state index contributed by atoms with van der Waals surface area (Å²) in [5.41, 5.74) is 5.99. The molecule has 112 valence electrons. The zero-order chi connectivity index (χ0) is 14.8. The molecule has 1 aliphatic carbocycles. The molecule has 2 atom stereocenters. The Morgan fingerprint density at radius 1 is 1.30 bits per heavy atom. The van der Waals surface area contributed by atoms with Gasteiger partial charge in [0.25, 0.3) is 0 Å². The minimum Gasteiger partial charge on any atom is -0.489 e. The van der Waals surface area contributed by atoms with Gasteiger partial charge in [-0.3, -0.25) is 0 Å². The smallest absolute Gasteiger partial charge is 0.241 e. The van der Waals surface area contributed by atoms with Crippen LogP contribution in [0.4, 0.5) is 5.69 Å². The van der Waals surface area contributed by atoms with E-state index in [1.54, 1.807) is 12.1 Å². The van der Waals surface area contributed by atoms with Crippen LogP contribution in [0.5, 0.6) is 5.75 Å². The quantitative estimate of drug-likeness (QED) is 0.833. The number of hydrogen-bond acceptors (Lipinski definition) is 4. The summed E-state index contributed by atoms with van der Waals surface area (Å²) in [6.45, 7) is 2.13. The van der Waals surface area contributed by atoms with Crippen LogP contribution in [0.2, 0.25) is 0 Å². The summed E-state index contributed by atoms with van der Waals surface area (Å²) in [4.78, 5) is -0.0297. The summed E-state index contributed by atoms with van der Waals surface area (Å²) in [5.74, 6) is 0.779. The van der Waals surface area contributed by atoms with Gasteiger partial charge >= 0.3 is 0 Å². The molecule has 0 amide bonds. The summed E-state index contributed by atoms with van der Waals surface area (Å²) in [7, 11) is -3.84. The Morgan fingerprint density at radius 2 is 2.00 bits per heavy atom. The molecule has 5 nitrogen and oxygen atoms in total. The molecule has 0 saturated heterocycles. The average molecular weight is 298 g/mol. The van der Waals surface area contributed by atoms with Crippen molar-refractivity contribution in [3.63, 3.8) is 0 Å².